The Bertz CT molecular complexity index is 453. The summed E-state index contributed by atoms with van der Waals surface area (Å²) in [5.74, 6) is 0.140. The second-order valence-corrected chi connectivity index (χ2v) is 5.13. The number of carbonyl (C=O) groups is 2. The van der Waals surface area contributed by atoms with E-state index in [1.807, 2.05) is 11.8 Å². The van der Waals surface area contributed by atoms with Crippen LogP contribution >= 0.6 is 0 Å². The number of rotatable bonds is 4. The second-order valence-electron chi connectivity index (χ2n) is 5.13. The quantitative estimate of drug-likeness (QED) is 0.908. The lowest BCUT2D eigenvalue weighted by molar-refractivity contribution is -0.122. The van der Waals surface area contributed by atoms with Crippen molar-refractivity contribution in [2.24, 2.45) is 0 Å². The Morgan fingerprint density at radius 2 is 2.15 bits per heavy atom. The van der Waals surface area contributed by atoms with E-state index in [4.69, 9.17) is 0 Å². The standard InChI is InChI=1S/C15H21N3O2/c1-2-4-14(19)17-13-6-9-18(10-7-13)15(20)12-5-3-8-16-11-12/h3,5,8,11,13H,2,4,6-7,9-10H2,1H3,(H,17,19). The predicted molar refractivity (Wildman–Crippen MR) is 76.2 cm³/mol. The summed E-state index contributed by atoms with van der Waals surface area (Å²) in [5.41, 5.74) is 0.626. The average molecular weight is 275 g/mol. The monoisotopic (exact) mass is 275 g/mol. The molecule has 1 aliphatic rings. The molecule has 0 saturated carbocycles. The molecule has 2 heterocycles. The molecule has 0 spiro atoms. The number of hydrogen-bond donors (Lipinski definition) is 1. The van der Waals surface area contributed by atoms with E-state index in [1.165, 1.54) is 0 Å². The molecule has 0 aromatic carbocycles. The van der Waals surface area contributed by atoms with Crippen LogP contribution in [0.15, 0.2) is 24.5 Å². The predicted octanol–water partition coefficient (Wildman–Crippen LogP) is 1.60. The maximum atomic E-state index is 12.2. The number of amides is 2. The maximum absolute atomic E-state index is 12.2. The first-order chi connectivity index (χ1) is 9.70. The molecule has 2 rings (SSSR count). The molecular weight excluding hydrogens is 254 g/mol. The molecule has 0 unspecified atom stereocenters. The Kier molecular flexibility index (Phi) is 5.09. The largest absolute Gasteiger partial charge is 0.353 e. The zero-order chi connectivity index (χ0) is 14.4. The molecule has 1 aromatic heterocycles. The van der Waals surface area contributed by atoms with Crippen LogP contribution in [0.1, 0.15) is 43.0 Å². The van der Waals surface area contributed by atoms with E-state index in [0.717, 1.165) is 19.3 Å². The maximum Gasteiger partial charge on any atom is 0.255 e. The average Bonchev–Trinajstić information content (AvgIpc) is 2.48. The zero-order valence-electron chi connectivity index (χ0n) is 11.8. The normalized spacial score (nSPS) is 15.9. The highest BCUT2D eigenvalue weighted by Gasteiger charge is 2.24. The number of nitrogens with zero attached hydrogens (tertiary/aromatic N) is 2. The minimum absolute atomic E-state index is 0.0245. The van der Waals surface area contributed by atoms with Gasteiger partial charge in [-0.15, -0.1) is 0 Å². The van der Waals surface area contributed by atoms with E-state index in [2.05, 4.69) is 10.3 Å². The first-order valence-electron chi connectivity index (χ1n) is 7.19. The van der Waals surface area contributed by atoms with Gasteiger partial charge in [-0.25, -0.2) is 0 Å². The zero-order valence-corrected chi connectivity index (χ0v) is 11.8. The first kappa shape index (κ1) is 14.5. The van der Waals surface area contributed by atoms with Crippen molar-refractivity contribution >= 4 is 11.8 Å². The molecule has 0 radical (unpaired) electrons. The highest BCUT2D eigenvalue weighted by atomic mass is 16.2. The lowest BCUT2D eigenvalue weighted by Crippen LogP contribution is -2.46. The molecule has 1 aliphatic heterocycles. The van der Waals surface area contributed by atoms with Crippen molar-refractivity contribution in [3.8, 4) is 0 Å². The third kappa shape index (κ3) is 3.79. The van der Waals surface area contributed by atoms with Gasteiger partial charge in [0.1, 0.15) is 0 Å². The molecule has 1 saturated heterocycles. The number of piperidine rings is 1. The smallest absolute Gasteiger partial charge is 0.255 e. The van der Waals surface area contributed by atoms with Crippen LogP contribution < -0.4 is 5.32 Å². The second kappa shape index (κ2) is 7.03. The van der Waals surface area contributed by atoms with Crippen LogP contribution in [-0.4, -0.2) is 40.8 Å². The van der Waals surface area contributed by atoms with Gasteiger partial charge in [-0.1, -0.05) is 6.92 Å². The Balaban J connectivity index is 1.82. The summed E-state index contributed by atoms with van der Waals surface area (Å²) in [6.45, 7) is 3.37. The van der Waals surface area contributed by atoms with Crippen molar-refractivity contribution in [2.75, 3.05) is 13.1 Å². The third-order valence-electron chi connectivity index (χ3n) is 3.53. The summed E-state index contributed by atoms with van der Waals surface area (Å²) in [6, 6.07) is 3.75. The molecule has 0 bridgehead atoms. The fourth-order valence-corrected chi connectivity index (χ4v) is 2.43. The number of nitrogens with one attached hydrogen (secondary N) is 1. The van der Waals surface area contributed by atoms with Crippen LogP contribution in [0.25, 0.3) is 0 Å². The van der Waals surface area contributed by atoms with Crippen LogP contribution in [0.4, 0.5) is 0 Å². The van der Waals surface area contributed by atoms with Crippen LogP contribution in [0.3, 0.4) is 0 Å². The molecule has 0 atom stereocenters. The molecule has 5 heteroatoms. The summed E-state index contributed by atoms with van der Waals surface area (Å²) in [7, 11) is 0. The molecule has 1 aromatic rings. The number of likely N-dealkylation sites (tertiary alicyclic amines) is 1. The van der Waals surface area contributed by atoms with Gasteiger partial charge in [-0.2, -0.15) is 0 Å². The van der Waals surface area contributed by atoms with E-state index in [0.29, 0.717) is 25.1 Å². The Hall–Kier alpha value is -1.91. The van der Waals surface area contributed by atoms with Gasteiger partial charge in [0, 0.05) is 37.9 Å². The molecule has 0 aliphatic carbocycles. The van der Waals surface area contributed by atoms with Crippen molar-refractivity contribution in [1.82, 2.24) is 15.2 Å². The summed E-state index contributed by atoms with van der Waals surface area (Å²) < 4.78 is 0. The molecule has 20 heavy (non-hydrogen) atoms. The molecule has 108 valence electrons. The lowest BCUT2D eigenvalue weighted by Gasteiger charge is -2.32. The fourth-order valence-electron chi connectivity index (χ4n) is 2.43. The van der Waals surface area contributed by atoms with Crippen molar-refractivity contribution in [3.63, 3.8) is 0 Å². The summed E-state index contributed by atoms with van der Waals surface area (Å²) in [5, 5.41) is 3.03. The minimum atomic E-state index is 0.0245. The van der Waals surface area contributed by atoms with Crippen molar-refractivity contribution in [3.05, 3.63) is 30.1 Å². The van der Waals surface area contributed by atoms with E-state index in [9.17, 15) is 9.59 Å². The minimum Gasteiger partial charge on any atom is -0.353 e. The van der Waals surface area contributed by atoms with Gasteiger partial charge < -0.3 is 10.2 Å². The highest BCUT2D eigenvalue weighted by molar-refractivity contribution is 5.93. The number of carbonyl (C=O) groups excluding carboxylic acids is 2. The summed E-state index contributed by atoms with van der Waals surface area (Å²) in [6.07, 6.45) is 6.34. The third-order valence-corrected chi connectivity index (χ3v) is 3.53. The first-order valence-corrected chi connectivity index (χ1v) is 7.19. The molecule has 2 amide bonds. The Morgan fingerprint density at radius 3 is 2.75 bits per heavy atom. The summed E-state index contributed by atoms with van der Waals surface area (Å²) in [4.78, 5) is 29.6. The van der Waals surface area contributed by atoms with Crippen molar-refractivity contribution in [1.29, 1.82) is 0 Å². The Morgan fingerprint density at radius 1 is 1.40 bits per heavy atom. The Labute approximate surface area is 119 Å². The van der Waals surface area contributed by atoms with E-state index < -0.39 is 0 Å². The van der Waals surface area contributed by atoms with Crippen LogP contribution in [0, 0.1) is 0 Å². The fraction of sp³-hybridized carbons (Fsp3) is 0.533. The van der Waals surface area contributed by atoms with Gasteiger partial charge >= 0.3 is 0 Å². The summed E-state index contributed by atoms with van der Waals surface area (Å²) >= 11 is 0. The van der Waals surface area contributed by atoms with E-state index >= 15 is 0 Å². The molecule has 1 N–H and O–H groups in total. The van der Waals surface area contributed by atoms with E-state index in [-0.39, 0.29) is 17.9 Å². The molecule has 1 fully saturated rings. The SMILES string of the molecule is CCCC(=O)NC1CCN(C(=O)c2cccnc2)CC1. The van der Waals surface area contributed by atoms with Crippen LogP contribution in [0.2, 0.25) is 0 Å². The van der Waals surface area contributed by atoms with Gasteiger partial charge in [-0.05, 0) is 31.4 Å². The lowest BCUT2D eigenvalue weighted by atomic mass is 10.0. The van der Waals surface area contributed by atoms with Gasteiger partial charge in [-0.3, -0.25) is 14.6 Å². The van der Waals surface area contributed by atoms with Crippen LogP contribution in [0.5, 0.6) is 0 Å². The van der Waals surface area contributed by atoms with Crippen molar-refractivity contribution in [2.45, 2.75) is 38.6 Å². The van der Waals surface area contributed by atoms with Crippen molar-refractivity contribution < 1.29 is 9.59 Å². The highest BCUT2D eigenvalue weighted by Crippen LogP contribution is 2.13. The van der Waals surface area contributed by atoms with Gasteiger partial charge in [0.05, 0.1) is 5.56 Å². The number of hydrogen-bond acceptors (Lipinski definition) is 3. The number of aromatic nitrogens is 1. The van der Waals surface area contributed by atoms with E-state index in [1.54, 1.807) is 24.5 Å². The molecular formula is C15H21N3O2. The van der Waals surface area contributed by atoms with Crippen LogP contribution in [-0.2, 0) is 4.79 Å². The molecule has 5 nitrogen and oxygen atoms in total. The number of pyridine rings is 1. The topological polar surface area (TPSA) is 62.3 Å². The van der Waals surface area contributed by atoms with Gasteiger partial charge in [0.2, 0.25) is 5.91 Å². The van der Waals surface area contributed by atoms with Gasteiger partial charge in [0.15, 0.2) is 0 Å². The van der Waals surface area contributed by atoms with Gasteiger partial charge in [0.25, 0.3) is 5.91 Å².